The van der Waals surface area contributed by atoms with E-state index in [2.05, 4.69) is 27.7 Å². The van der Waals surface area contributed by atoms with E-state index in [1.807, 2.05) is 0 Å². The lowest BCUT2D eigenvalue weighted by Gasteiger charge is -2.43. The zero-order valence-corrected chi connectivity index (χ0v) is 84.7. The number of rotatable bonds is 99. The first-order chi connectivity index (χ1) is 63.0. The van der Waals surface area contributed by atoms with Gasteiger partial charge in [0.05, 0.1) is 82.2 Å². The Balaban J connectivity index is -0.000000543. The molecule has 0 bridgehead atoms. The van der Waals surface area contributed by atoms with Crippen LogP contribution < -0.4 is 0 Å². The fourth-order valence-corrected chi connectivity index (χ4v) is 18.0. The minimum atomic E-state index is -1.42. The molecule has 0 spiro atoms. The quantitative estimate of drug-likeness (QED) is 0.0251. The number of carbonyl (C=O) groups is 5. The van der Waals surface area contributed by atoms with Crippen molar-refractivity contribution < 1.29 is 111 Å². The fourth-order valence-electron chi connectivity index (χ4n) is 18.0. The van der Waals surface area contributed by atoms with Crippen molar-refractivity contribution in [3.05, 3.63) is 0 Å². The normalized spacial score (nSPS) is 13.9. The topological polar surface area (TPSA) is 429 Å². The average Bonchev–Trinajstić information content (AvgIpc) is 0.804. The first-order valence-electron chi connectivity index (χ1n) is 54.8. The second kappa shape index (κ2) is 111. The molecule has 0 aromatic heterocycles. The number of aliphatic hydroxyl groups excluding tert-OH is 12. The molecule has 780 valence electrons. The summed E-state index contributed by atoms with van der Waals surface area (Å²) >= 11 is 0. The van der Waals surface area contributed by atoms with Gasteiger partial charge in [-0.15, -0.1) is 0 Å². The summed E-state index contributed by atoms with van der Waals surface area (Å²) in [6.45, 7) is 5.62. The predicted molar refractivity (Wildman–Crippen MR) is 535 cm³/mol. The lowest BCUT2D eigenvalue weighted by molar-refractivity contribution is -0.149. The Labute approximate surface area is 796 Å². The molecule has 17 N–H and O–H groups in total. The standard InChI is InChI=1S/C36H72O14.4C18H36O2/c37-19-26(43)13-11-9-7-5-3-1-2-4-6-8-10-12-25(14-27(44)20-38)32(15-28(45)21-39)33(16-29(46)22-40)34(17-30(47)23-41)35(36(49)50)18-31(48)24-42;4*1-2-3-4-5-6-7-8-9-10-11-12-13-14-15-16-17-18(19)20/h25-35,37-48H,1-24H2,(H,49,50);4*2-17H2,1H3,(H,19,20). The highest BCUT2D eigenvalue weighted by atomic mass is 16.4. The third-order valence-electron chi connectivity index (χ3n) is 26.1. The van der Waals surface area contributed by atoms with Crippen LogP contribution in [0.5, 0.6) is 0 Å². The molecule has 11 atom stereocenters. The van der Waals surface area contributed by atoms with Gasteiger partial charge in [-0.2, -0.15) is 0 Å². The van der Waals surface area contributed by atoms with Crippen LogP contribution in [0.1, 0.15) is 554 Å². The van der Waals surface area contributed by atoms with Crippen molar-refractivity contribution in [1.82, 2.24) is 0 Å². The molecule has 0 aromatic rings. The Hall–Kier alpha value is -3.13. The molecule has 0 aromatic carbocycles. The van der Waals surface area contributed by atoms with Crippen LogP contribution >= 0.6 is 0 Å². The fraction of sp³-hybridized carbons (Fsp3) is 0.954. The van der Waals surface area contributed by atoms with Gasteiger partial charge in [0.1, 0.15) is 0 Å². The molecular formula is C108H216O22. The lowest BCUT2D eigenvalue weighted by Crippen LogP contribution is -2.43. The highest BCUT2D eigenvalue weighted by molar-refractivity contribution is 5.70. The maximum absolute atomic E-state index is 12.6. The van der Waals surface area contributed by atoms with Crippen molar-refractivity contribution in [3.8, 4) is 0 Å². The van der Waals surface area contributed by atoms with Gasteiger partial charge in [-0.1, -0.05) is 464 Å². The van der Waals surface area contributed by atoms with Crippen LogP contribution in [0.4, 0.5) is 0 Å². The van der Waals surface area contributed by atoms with Gasteiger partial charge < -0.3 is 86.8 Å². The molecule has 22 heteroatoms. The monoisotopic (exact) mass is 1870 g/mol. The lowest BCUT2D eigenvalue weighted by atomic mass is 9.63. The summed E-state index contributed by atoms with van der Waals surface area (Å²) in [6.07, 6.45) is 84.9. The smallest absolute Gasteiger partial charge is 0.306 e. The molecule has 11 unspecified atom stereocenters. The third kappa shape index (κ3) is 109. The van der Waals surface area contributed by atoms with Crippen molar-refractivity contribution >= 4 is 29.8 Å². The molecule has 0 saturated carbocycles. The van der Waals surface area contributed by atoms with Gasteiger partial charge in [-0.25, -0.2) is 0 Å². The van der Waals surface area contributed by atoms with Crippen molar-refractivity contribution in [2.45, 2.75) is 591 Å². The number of hydrogen-bond donors (Lipinski definition) is 17. The Morgan fingerprint density at radius 1 is 0.177 bits per heavy atom. The molecule has 0 amide bonds. The molecule has 0 aliphatic heterocycles. The zero-order valence-electron chi connectivity index (χ0n) is 84.7. The van der Waals surface area contributed by atoms with Crippen molar-refractivity contribution in [2.75, 3.05) is 39.6 Å². The van der Waals surface area contributed by atoms with Crippen LogP contribution in [0.2, 0.25) is 0 Å². The van der Waals surface area contributed by atoms with Crippen molar-refractivity contribution in [1.29, 1.82) is 0 Å². The zero-order chi connectivity index (χ0) is 97.5. The number of carboxylic acids is 5. The van der Waals surface area contributed by atoms with Gasteiger partial charge >= 0.3 is 29.8 Å². The molecule has 22 nitrogen and oxygen atoms in total. The summed E-state index contributed by atoms with van der Waals surface area (Å²) in [5.41, 5.74) is 0. The molecule has 0 fully saturated rings. The SMILES string of the molecule is CCCCCCCCCCCCCCCCCC(=O)O.CCCCCCCCCCCCCCCCCC(=O)O.CCCCCCCCCCCCCCCCCC(=O)O.CCCCCCCCCCCCCCCCCC(=O)O.O=C(O)C(CC(O)CO)C(CC(O)CO)C(CC(O)CO)C(CC(O)CO)C(CCCCCCCCCCCCCC(O)CO)CC(O)CO. The van der Waals surface area contributed by atoms with Gasteiger partial charge in [0.2, 0.25) is 0 Å². The molecule has 0 aliphatic carbocycles. The van der Waals surface area contributed by atoms with Crippen molar-refractivity contribution in [2.24, 2.45) is 29.6 Å². The molecule has 0 heterocycles. The van der Waals surface area contributed by atoms with E-state index in [0.717, 1.165) is 116 Å². The van der Waals surface area contributed by atoms with Crippen LogP contribution in [0.25, 0.3) is 0 Å². The summed E-state index contributed by atoms with van der Waals surface area (Å²) in [5.74, 6) is -8.35. The highest BCUT2D eigenvalue weighted by Crippen LogP contribution is 2.45. The average molecular weight is 1870 g/mol. The summed E-state index contributed by atoms with van der Waals surface area (Å²) < 4.78 is 0. The number of unbranched alkanes of at least 4 members (excludes halogenated alkanes) is 66. The maximum Gasteiger partial charge on any atom is 0.306 e. The largest absolute Gasteiger partial charge is 0.481 e. The molecule has 0 aliphatic rings. The van der Waals surface area contributed by atoms with E-state index in [-0.39, 0.29) is 32.3 Å². The second-order valence-corrected chi connectivity index (χ2v) is 38.7. The van der Waals surface area contributed by atoms with Crippen LogP contribution in [0, 0.1) is 29.6 Å². The predicted octanol–water partition coefficient (Wildman–Crippen LogP) is 25.6. The van der Waals surface area contributed by atoms with E-state index in [1.165, 1.54) is 334 Å². The van der Waals surface area contributed by atoms with Gasteiger partial charge in [0.25, 0.3) is 0 Å². The van der Waals surface area contributed by atoms with E-state index < -0.39 is 136 Å². The van der Waals surface area contributed by atoms with Crippen molar-refractivity contribution in [3.63, 3.8) is 0 Å². The summed E-state index contributed by atoms with van der Waals surface area (Å²) in [4.78, 5) is 54.0. The molecule has 0 radical (unpaired) electrons. The molecule has 0 rings (SSSR count). The Morgan fingerprint density at radius 2 is 0.338 bits per heavy atom. The van der Waals surface area contributed by atoms with Gasteiger partial charge in [-0.3, -0.25) is 24.0 Å². The van der Waals surface area contributed by atoms with Crippen LogP contribution in [-0.2, 0) is 24.0 Å². The molecule has 130 heavy (non-hydrogen) atoms. The summed E-state index contributed by atoms with van der Waals surface area (Å²) in [7, 11) is 0. The van der Waals surface area contributed by atoms with E-state index in [0.29, 0.717) is 44.9 Å². The molecule has 0 saturated heterocycles. The minimum Gasteiger partial charge on any atom is -0.481 e. The van der Waals surface area contributed by atoms with E-state index in [9.17, 15) is 85.3 Å². The minimum absolute atomic E-state index is 0.0657. The summed E-state index contributed by atoms with van der Waals surface area (Å²) in [5, 5.41) is 164. The number of hydrogen-bond acceptors (Lipinski definition) is 17. The molecular weight excluding hydrogens is 1650 g/mol. The maximum atomic E-state index is 12.6. The van der Waals surface area contributed by atoms with Gasteiger partial charge in [0, 0.05) is 25.7 Å². The Kier molecular flexibility index (Phi) is 116. The number of aliphatic carboxylic acids is 5. The van der Waals surface area contributed by atoms with E-state index in [1.54, 1.807) is 0 Å². The number of carboxylic acid groups (broad SMARTS) is 5. The Bertz CT molecular complexity index is 2080. The van der Waals surface area contributed by atoms with Gasteiger partial charge in [-0.05, 0) is 87.9 Å². The van der Waals surface area contributed by atoms with E-state index >= 15 is 0 Å². The van der Waals surface area contributed by atoms with Crippen LogP contribution in [0.15, 0.2) is 0 Å². The Morgan fingerprint density at radius 3 is 0.531 bits per heavy atom. The number of aliphatic hydroxyl groups is 12. The van der Waals surface area contributed by atoms with E-state index in [4.69, 9.17) is 25.5 Å². The first kappa shape index (κ1) is 135. The highest BCUT2D eigenvalue weighted by Gasteiger charge is 2.44. The van der Waals surface area contributed by atoms with Crippen LogP contribution in [0.3, 0.4) is 0 Å². The van der Waals surface area contributed by atoms with Gasteiger partial charge in [0.15, 0.2) is 0 Å². The summed E-state index contributed by atoms with van der Waals surface area (Å²) in [6, 6.07) is 0. The first-order valence-corrected chi connectivity index (χ1v) is 54.8. The third-order valence-corrected chi connectivity index (χ3v) is 26.1. The second-order valence-electron chi connectivity index (χ2n) is 38.7. The van der Waals surface area contributed by atoms with Crippen LogP contribution in [-0.4, -0.2) is 193 Å².